The maximum absolute atomic E-state index is 12.6. The molecule has 1 aromatic heterocycles. The van der Waals surface area contributed by atoms with Crippen LogP contribution in [0.4, 0.5) is 13.2 Å². The van der Waals surface area contributed by atoms with E-state index in [4.69, 9.17) is 0 Å². The summed E-state index contributed by atoms with van der Waals surface area (Å²) in [5, 5.41) is 6.20. The molecule has 0 saturated carbocycles. The molecule has 0 aliphatic carbocycles. The zero-order valence-electron chi connectivity index (χ0n) is 17.3. The molecule has 2 aromatic carbocycles. The van der Waals surface area contributed by atoms with Crippen LogP contribution in [0, 0.1) is 6.92 Å². The summed E-state index contributed by atoms with van der Waals surface area (Å²) in [5.41, 5.74) is 2.57. The Morgan fingerprint density at radius 1 is 1.06 bits per heavy atom. The van der Waals surface area contributed by atoms with Crippen LogP contribution in [0.2, 0.25) is 0 Å². The number of guanidine groups is 1. The molecule has 3 rings (SSSR count). The second-order valence-corrected chi connectivity index (χ2v) is 6.86. The van der Waals surface area contributed by atoms with Gasteiger partial charge in [-0.15, -0.1) is 13.2 Å². The minimum absolute atomic E-state index is 0.131. The van der Waals surface area contributed by atoms with Crippen LogP contribution in [-0.4, -0.2) is 28.9 Å². The molecule has 0 aliphatic heterocycles. The second-order valence-electron chi connectivity index (χ2n) is 6.86. The van der Waals surface area contributed by atoms with Crippen molar-refractivity contribution in [3.63, 3.8) is 0 Å². The highest BCUT2D eigenvalue weighted by Gasteiger charge is 2.31. The van der Waals surface area contributed by atoms with Crippen LogP contribution in [0.3, 0.4) is 0 Å². The number of nitrogens with zero attached hydrogens (tertiary/aromatic N) is 3. The number of para-hydroxylation sites is 1. The van der Waals surface area contributed by atoms with E-state index in [1.54, 1.807) is 25.4 Å². The maximum Gasteiger partial charge on any atom is 0.573 e. The van der Waals surface area contributed by atoms with E-state index in [1.165, 1.54) is 12.1 Å². The van der Waals surface area contributed by atoms with E-state index in [-0.39, 0.29) is 12.3 Å². The summed E-state index contributed by atoms with van der Waals surface area (Å²) < 4.78 is 43.9. The van der Waals surface area contributed by atoms with E-state index < -0.39 is 6.36 Å². The summed E-state index contributed by atoms with van der Waals surface area (Å²) in [4.78, 5) is 8.37. The fourth-order valence-electron chi connectivity index (χ4n) is 3.06. The quantitative estimate of drug-likeness (QED) is 0.438. The van der Waals surface area contributed by atoms with Gasteiger partial charge >= 0.3 is 6.36 Å². The molecule has 9 heteroatoms. The number of hydrogen-bond donors (Lipinski definition) is 2. The minimum Gasteiger partial charge on any atom is -0.405 e. The standard InChI is InChI=1S/C22H24F3N5O/c1-16-27-10-11-30(16)15-18-7-5-6-17(12-18)13-28-21(26-2)29-14-19-8-3-4-9-20(19)31-22(23,24)25/h3-12H,13-15H2,1-2H3,(H2,26,28,29). The zero-order chi connectivity index (χ0) is 22.3. The maximum atomic E-state index is 12.6. The van der Waals surface area contributed by atoms with E-state index in [1.807, 2.05) is 31.3 Å². The lowest BCUT2D eigenvalue weighted by molar-refractivity contribution is -0.274. The van der Waals surface area contributed by atoms with Gasteiger partial charge in [0.1, 0.15) is 11.6 Å². The summed E-state index contributed by atoms with van der Waals surface area (Å²) in [6.45, 7) is 3.32. The molecule has 6 nitrogen and oxygen atoms in total. The van der Waals surface area contributed by atoms with Crippen LogP contribution < -0.4 is 15.4 Å². The molecule has 0 saturated heterocycles. The van der Waals surface area contributed by atoms with Crippen molar-refractivity contribution in [3.05, 3.63) is 83.4 Å². The average Bonchev–Trinajstić information content (AvgIpc) is 3.13. The van der Waals surface area contributed by atoms with E-state index in [9.17, 15) is 13.2 Å². The van der Waals surface area contributed by atoms with Crippen molar-refractivity contribution in [2.24, 2.45) is 4.99 Å². The topological polar surface area (TPSA) is 63.5 Å². The average molecular weight is 431 g/mol. The van der Waals surface area contributed by atoms with Crippen LogP contribution in [0.15, 0.2) is 65.9 Å². The van der Waals surface area contributed by atoms with Crippen molar-refractivity contribution >= 4 is 5.96 Å². The van der Waals surface area contributed by atoms with Crippen LogP contribution >= 0.6 is 0 Å². The molecule has 0 atom stereocenters. The molecule has 1 heterocycles. The molecule has 0 spiro atoms. The fourth-order valence-corrected chi connectivity index (χ4v) is 3.06. The van der Waals surface area contributed by atoms with E-state index in [0.29, 0.717) is 18.1 Å². The van der Waals surface area contributed by atoms with Gasteiger partial charge in [0.05, 0.1) is 0 Å². The minimum atomic E-state index is -4.74. The van der Waals surface area contributed by atoms with Crippen LogP contribution in [0.5, 0.6) is 5.75 Å². The highest BCUT2D eigenvalue weighted by molar-refractivity contribution is 5.79. The zero-order valence-corrected chi connectivity index (χ0v) is 17.3. The number of hydrogen-bond acceptors (Lipinski definition) is 3. The first-order valence-corrected chi connectivity index (χ1v) is 9.68. The van der Waals surface area contributed by atoms with Gasteiger partial charge in [-0.1, -0.05) is 42.5 Å². The number of aromatic nitrogens is 2. The molecule has 2 N–H and O–H groups in total. The number of halogens is 3. The molecule has 164 valence electrons. The predicted octanol–water partition coefficient (Wildman–Crippen LogP) is 4.00. The van der Waals surface area contributed by atoms with Gasteiger partial charge in [0, 0.05) is 44.6 Å². The van der Waals surface area contributed by atoms with Gasteiger partial charge < -0.3 is 19.9 Å². The highest BCUT2D eigenvalue weighted by Crippen LogP contribution is 2.26. The summed E-state index contributed by atoms with van der Waals surface area (Å²) in [6, 6.07) is 14.1. The van der Waals surface area contributed by atoms with Gasteiger partial charge in [-0.05, 0) is 24.1 Å². The van der Waals surface area contributed by atoms with Crippen molar-refractivity contribution in [3.8, 4) is 5.75 Å². The lowest BCUT2D eigenvalue weighted by Crippen LogP contribution is -2.36. The van der Waals surface area contributed by atoms with Gasteiger partial charge in [-0.25, -0.2) is 4.98 Å². The Morgan fingerprint density at radius 2 is 1.81 bits per heavy atom. The van der Waals surface area contributed by atoms with Crippen molar-refractivity contribution in [1.29, 1.82) is 0 Å². The molecular weight excluding hydrogens is 407 g/mol. The van der Waals surface area contributed by atoms with Crippen LogP contribution in [0.25, 0.3) is 0 Å². The first-order chi connectivity index (χ1) is 14.8. The molecule has 0 fully saturated rings. The van der Waals surface area contributed by atoms with E-state index in [0.717, 1.165) is 23.5 Å². The van der Waals surface area contributed by atoms with Gasteiger partial charge in [-0.3, -0.25) is 4.99 Å². The van der Waals surface area contributed by atoms with Gasteiger partial charge in [-0.2, -0.15) is 0 Å². The number of aliphatic imine (C=N–C) groups is 1. The molecule has 0 radical (unpaired) electrons. The first kappa shape index (κ1) is 22.2. The van der Waals surface area contributed by atoms with Gasteiger partial charge in [0.25, 0.3) is 0 Å². The summed E-state index contributed by atoms with van der Waals surface area (Å²) in [6.07, 6.45) is -1.03. The van der Waals surface area contributed by atoms with Crippen molar-refractivity contribution in [2.75, 3.05) is 7.05 Å². The van der Waals surface area contributed by atoms with Gasteiger partial charge in [0.2, 0.25) is 0 Å². The molecule has 3 aromatic rings. The largest absolute Gasteiger partial charge is 0.573 e. The van der Waals surface area contributed by atoms with Gasteiger partial charge in [0.15, 0.2) is 5.96 Å². The Balaban J connectivity index is 1.57. The summed E-state index contributed by atoms with van der Waals surface area (Å²) in [5.74, 6) is 1.18. The second kappa shape index (κ2) is 10.0. The van der Waals surface area contributed by atoms with Crippen LogP contribution in [0.1, 0.15) is 22.5 Å². The lowest BCUT2D eigenvalue weighted by atomic mass is 10.1. The SMILES string of the molecule is CN=C(NCc1cccc(Cn2ccnc2C)c1)NCc1ccccc1OC(F)(F)F. The monoisotopic (exact) mass is 431 g/mol. The predicted molar refractivity (Wildman–Crippen MR) is 113 cm³/mol. The Labute approximate surface area is 178 Å². The number of nitrogens with one attached hydrogen (secondary N) is 2. The third-order valence-electron chi connectivity index (χ3n) is 4.60. The molecule has 0 bridgehead atoms. The third kappa shape index (κ3) is 6.77. The smallest absolute Gasteiger partial charge is 0.405 e. The number of ether oxygens (including phenoxy) is 1. The van der Waals surface area contributed by atoms with Crippen molar-refractivity contribution in [2.45, 2.75) is 32.9 Å². The number of benzene rings is 2. The Hall–Kier alpha value is -3.49. The number of imidazole rings is 1. The third-order valence-corrected chi connectivity index (χ3v) is 4.60. The summed E-state index contributed by atoms with van der Waals surface area (Å²) >= 11 is 0. The van der Waals surface area contributed by atoms with E-state index >= 15 is 0 Å². The molecule has 0 amide bonds. The highest BCUT2D eigenvalue weighted by atomic mass is 19.4. The molecular formula is C22H24F3N5O. The Bertz CT molecular complexity index is 1030. The molecule has 31 heavy (non-hydrogen) atoms. The van der Waals surface area contributed by atoms with Crippen molar-refractivity contribution in [1.82, 2.24) is 20.2 Å². The normalized spacial score (nSPS) is 12.0. The van der Waals surface area contributed by atoms with E-state index in [2.05, 4.69) is 36.0 Å². The lowest BCUT2D eigenvalue weighted by Gasteiger charge is -2.16. The first-order valence-electron chi connectivity index (χ1n) is 9.68. The number of alkyl halides is 3. The molecule has 0 aliphatic rings. The number of rotatable bonds is 7. The Morgan fingerprint density at radius 3 is 2.52 bits per heavy atom. The van der Waals surface area contributed by atoms with Crippen LogP contribution in [-0.2, 0) is 19.6 Å². The molecule has 0 unspecified atom stereocenters. The summed E-state index contributed by atoms with van der Waals surface area (Å²) in [7, 11) is 1.60. The Kier molecular flexibility index (Phi) is 7.17. The number of aryl methyl sites for hydroxylation is 1. The van der Waals surface area contributed by atoms with Crippen molar-refractivity contribution < 1.29 is 17.9 Å². The fraction of sp³-hybridized carbons (Fsp3) is 0.273.